The van der Waals surface area contributed by atoms with Crippen LogP contribution in [0.25, 0.3) is 30.0 Å². The van der Waals surface area contributed by atoms with Gasteiger partial charge in [0.1, 0.15) is 0 Å². The highest BCUT2D eigenvalue weighted by atomic mass is 15.0. The fourth-order valence-electron chi connectivity index (χ4n) is 4.12. The molecule has 3 rings (SSSR count). The van der Waals surface area contributed by atoms with Crippen LogP contribution < -0.4 is 16.2 Å². The smallest absolute Gasteiger partial charge is 0.0273 e. The molecule has 1 atom stereocenters. The Kier molecular flexibility index (Phi) is 14.4. The van der Waals surface area contributed by atoms with Crippen LogP contribution in [0.4, 0.5) is 0 Å². The molecule has 0 heterocycles. The molecule has 0 fully saturated rings. The minimum absolute atomic E-state index is 0.456. The van der Waals surface area contributed by atoms with Gasteiger partial charge in [0.05, 0.1) is 0 Å². The average molecular weight is 437 g/mol. The highest BCUT2D eigenvalue weighted by molar-refractivity contribution is 5.88. The molecule has 0 bridgehead atoms. The molecule has 0 aromatic heterocycles. The summed E-state index contributed by atoms with van der Waals surface area (Å²) >= 11 is 0. The summed E-state index contributed by atoms with van der Waals surface area (Å²) < 4.78 is 0. The maximum Gasteiger partial charge on any atom is 0.0273 e. The number of allylic oxidation sites excluding steroid dienone is 1. The number of nitrogens with two attached hydrogens (primary N) is 1. The summed E-state index contributed by atoms with van der Waals surface area (Å²) in [6.45, 7) is 26.3. The summed E-state index contributed by atoms with van der Waals surface area (Å²) in [4.78, 5) is 2.18. The van der Waals surface area contributed by atoms with E-state index < -0.39 is 0 Å². The molecule has 1 unspecified atom stereocenters. The molecule has 1 aliphatic rings. The van der Waals surface area contributed by atoms with E-state index in [0.717, 1.165) is 35.3 Å². The number of nitrogens with zero attached hydrogens (tertiary/aromatic N) is 1. The van der Waals surface area contributed by atoms with Gasteiger partial charge in [0.25, 0.3) is 0 Å². The maximum absolute atomic E-state index is 5.98. The summed E-state index contributed by atoms with van der Waals surface area (Å²) in [6, 6.07) is 8.41. The zero-order valence-corrected chi connectivity index (χ0v) is 22.1. The lowest BCUT2D eigenvalue weighted by Gasteiger charge is -2.27. The van der Waals surface area contributed by atoms with E-state index in [2.05, 4.69) is 82.9 Å². The largest absolute Gasteiger partial charge is 0.399 e. The summed E-state index contributed by atoms with van der Waals surface area (Å²) in [5, 5.41) is 4.63. The fraction of sp³-hybridized carbons (Fsp3) is 0.467. The van der Waals surface area contributed by atoms with Crippen molar-refractivity contribution in [1.82, 2.24) is 4.90 Å². The molecule has 2 aromatic carbocycles. The number of fused-ring (bicyclic) bond motifs is 2. The first-order valence-electron chi connectivity index (χ1n) is 12.3. The molecule has 0 radical (unpaired) electrons. The molecule has 0 aliphatic heterocycles. The van der Waals surface area contributed by atoms with E-state index in [1.807, 2.05) is 27.7 Å². The van der Waals surface area contributed by atoms with Gasteiger partial charge in [0.15, 0.2) is 0 Å². The Morgan fingerprint density at radius 2 is 1.50 bits per heavy atom. The maximum atomic E-state index is 5.98. The zero-order valence-electron chi connectivity index (χ0n) is 22.1. The van der Waals surface area contributed by atoms with Crippen LogP contribution in [0, 0.1) is 0 Å². The third kappa shape index (κ3) is 7.67. The number of hydrogen-bond donors (Lipinski definition) is 1. The van der Waals surface area contributed by atoms with E-state index in [9.17, 15) is 0 Å². The highest BCUT2D eigenvalue weighted by Gasteiger charge is 2.23. The molecule has 2 aromatic rings. The summed E-state index contributed by atoms with van der Waals surface area (Å²) in [7, 11) is 4.17. The minimum atomic E-state index is 0.456. The van der Waals surface area contributed by atoms with E-state index in [-0.39, 0.29) is 0 Å². The third-order valence-corrected chi connectivity index (χ3v) is 5.43. The lowest BCUT2D eigenvalue weighted by atomic mass is 9.77. The normalized spacial score (nSPS) is 14.0. The molecule has 0 saturated carbocycles. The second-order valence-electron chi connectivity index (χ2n) is 8.02. The Balaban J connectivity index is 0.000000824. The third-order valence-electron chi connectivity index (χ3n) is 5.43. The highest BCUT2D eigenvalue weighted by Crippen LogP contribution is 2.35. The topological polar surface area (TPSA) is 29.3 Å². The van der Waals surface area contributed by atoms with Crippen molar-refractivity contribution in [3.8, 4) is 0 Å². The van der Waals surface area contributed by atoms with Crippen molar-refractivity contribution in [2.24, 2.45) is 5.73 Å². The van der Waals surface area contributed by atoms with Crippen LogP contribution in [0.1, 0.15) is 84.3 Å². The fourth-order valence-corrected chi connectivity index (χ4v) is 4.12. The Hall–Kier alpha value is -2.32. The predicted octanol–water partition coefficient (Wildman–Crippen LogP) is 6.81. The standard InChI is InChI=1S/C21H23N.C5H13N.2C2H6/c1-5-8-16-11-17(15(4)22)12-20-13(2)18-9-6-7-10-19(18)14(3)21(16)20;1-4-5-6(2)3;2*1-2/h6-7,9-10,12,16H,2-5,8,11,22H2,1H3;4-5H2,1-3H3;2*1-2H3. The van der Waals surface area contributed by atoms with E-state index in [4.69, 9.17) is 5.73 Å². The SMILES string of the molecule is C=C(N)C1=Cc2c(c(=C)c3ccccc3c2=C)C(CCC)C1.CC.CC.CCCN(C)C. The van der Waals surface area contributed by atoms with Crippen LogP contribution >= 0.6 is 0 Å². The predicted molar refractivity (Wildman–Crippen MR) is 149 cm³/mol. The van der Waals surface area contributed by atoms with Crippen molar-refractivity contribution < 1.29 is 0 Å². The van der Waals surface area contributed by atoms with Gasteiger partial charge in [-0.3, -0.25) is 0 Å². The molecule has 178 valence electrons. The first kappa shape index (κ1) is 29.7. The van der Waals surface area contributed by atoms with Gasteiger partial charge in [-0.25, -0.2) is 0 Å². The van der Waals surface area contributed by atoms with Crippen molar-refractivity contribution in [2.75, 3.05) is 20.6 Å². The monoisotopic (exact) mass is 436 g/mol. The quantitative estimate of drug-likeness (QED) is 0.557. The average Bonchev–Trinajstić information content (AvgIpc) is 2.80. The molecule has 2 heteroatoms. The second kappa shape index (κ2) is 15.5. The molecule has 2 N–H and O–H groups in total. The van der Waals surface area contributed by atoms with Crippen LogP contribution in [0.15, 0.2) is 42.1 Å². The Labute approximate surface area is 198 Å². The van der Waals surface area contributed by atoms with Gasteiger partial charge in [-0.05, 0) is 89.8 Å². The molecular formula is C30H48N2. The molecule has 0 saturated heterocycles. The Morgan fingerprint density at radius 1 is 0.969 bits per heavy atom. The van der Waals surface area contributed by atoms with Crippen LogP contribution in [0.2, 0.25) is 0 Å². The molecule has 2 nitrogen and oxygen atoms in total. The minimum Gasteiger partial charge on any atom is -0.399 e. The molecule has 1 aliphatic carbocycles. The summed E-state index contributed by atoms with van der Waals surface area (Å²) in [6.07, 6.45) is 6.67. The van der Waals surface area contributed by atoms with E-state index in [0.29, 0.717) is 11.6 Å². The van der Waals surface area contributed by atoms with E-state index in [1.165, 1.54) is 34.9 Å². The van der Waals surface area contributed by atoms with Gasteiger partial charge in [0, 0.05) is 5.70 Å². The van der Waals surface area contributed by atoms with Crippen LogP contribution in [-0.2, 0) is 0 Å². The number of rotatable bonds is 5. The zero-order chi connectivity index (χ0) is 24.8. The van der Waals surface area contributed by atoms with Gasteiger partial charge in [0.2, 0.25) is 0 Å². The summed E-state index contributed by atoms with van der Waals surface area (Å²) in [5.41, 5.74) is 10.4. The lowest BCUT2D eigenvalue weighted by molar-refractivity contribution is 0.408. The van der Waals surface area contributed by atoms with Gasteiger partial charge < -0.3 is 10.6 Å². The molecule has 32 heavy (non-hydrogen) atoms. The molecular weight excluding hydrogens is 388 g/mol. The van der Waals surface area contributed by atoms with E-state index >= 15 is 0 Å². The van der Waals surface area contributed by atoms with Crippen molar-refractivity contribution in [3.05, 3.63) is 63.7 Å². The van der Waals surface area contributed by atoms with Crippen LogP contribution in [0.5, 0.6) is 0 Å². The first-order valence-corrected chi connectivity index (χ1v) is 12.3. The van der Waals surface area contributed by atoms with E-state index in [1.54, 1.807) is 0 Å². The van der Waals surface area contributed by atoms with Crippen molar-refractivity contribution in [2.45, 2.75) is 73.1 Å². The van der Waals surface area contributed by atoms with Gasteiger partial charge in [-0.1, -0.05) is 92.0 Å². The van der Waals surface area contributed by atoms with Gasteiger partial charge in [-0.15, -0.1) is 0 Å². The van der Waals surface area contributed by atoms with Crippen molar-refractivity contribution >= 4 is 30.0 Å². The van der Waals surface area contributed by atoms with Gasteiger partial charge in [-0.2, -0.15) is 0 Å². The van der Waals surface area contributed by atoms with Crippen molar-refractivity contribution in [3.63, 3.8) is 0 Å². The summed E-state index contributed by atoms with van der Waals surface area (Å²) in [5.74, 6) is 0.456. The number of hydrogen-bond acceptors (Lipinski definition) is 2. The Morgan fingerprint density at radius 3 is 1.91 bits per heavy atom. The van der Waals surface area contributed by atoms with Crippen LogP contribution in [-0.4, -0.2) is 25.5 Å². The Bertz CT molecular complexity index is 966. The second-order valence-corrected chi connectivity index (χ2v) is 8.02. The van der Waals surface area contributed by atoms with Gasteiger partial charge >= 0.3 is 0 Å². The number of benzene rings is 2. The lowest BCUT2D eigenvalue weighted by Crippen LogP contribution is -2.26. The van der Waals surface area contributed by atoms with Crippen molar-refractivity contribution in [1.29, 1.82) is 0 Å². The van der Waals surface area contributed by atoms with Crippen LogP contribution in [0.3, 0.4) is 0 Å². The first-order chi connectivity index (χ1) is 15.3. The molecule has 0 spiro atoms. The molecule has 0 amide bonds.